The summed E-state index contributed by atoms with van der Waals surface area (Å²) in [6.45, 7) is 12.0. The van der Waals surface area contributed by atoms with Gasteiger partial charge in [0, 0.05) is 28.9 Å². The molecule has 0 unspecified atom stereocenters. The summed E-state index contributed by atoms with van der Waals surface area (Å²) in [6, 6.07) is 25.0. The molecule has 194 valence electrons. The summed E-state index contributed by atoms with van der Waals surface area (Å²) in [5.41, 5.74) is 3.11. The Kier molecular flexibility index (Phi) is 7.70. The number of hydrogen-bond donors (Lipinski definition) is 1. The van der Waals surface area contributed by atoms with E-state index in [2.05, 4.69) is 30.8 Å². The number of nitrogens with zero attached hydrogens (tertiary/aromatic N) is 4. The minimum Gasteiger partial charge on any atom is -0.344 e. The van der Waals surface area contributed by atoms with Crippen molar-refractivity contribution in [2.75, 3.05) is 17.2 Å². The molecule has 3 aromatic carbocycles. The molecule has 0 saturated carbocycles. The van der Waals surface area contributed by atoms with Gasteiger partial charge in [0.15, 0.2) is 0 Å². The Bertz CT molecular complexity index is 1750. The molecule has 4 rings (SSSR count). The second-order valence-electron chi connectivity index (χ2n) is 9.65. The van der Waals surface area contributed by atoms with Gasteiger partial charge in [0.25, 0.3) is 15.8 Å². The van der Waals surface area contributed by atoms with E-state index in [4.69, 9.17) is 6.57 Å². The normalized spacial score (nSPS) is 16.3. The SMILES string of the molecule is [C-]#[N+]C(C#N)=C(C(C#N)=CC=C1N(CCCS(=O)(=O)O)c2ccc3ccccc3c2C1(C)C)c1ccccc1. The number of allylic oxidation sites excluding steroid dienone is 6. The zero-order chi connectivity index (χ0) is 28.2. The van der Waals surface area contributed by atoms with Gasteiger partial charge < -0.3 is 4.90 Å². The Morgan fingerprint density at radius 2 is 1.74 bits per heavy atom. The average molecular weight is 535 g/mol. The predicted octanol–water partition coefficient (Wildman–Crippen LogP) is 6.40. The van der Waals surface area contributed by atoms with Crippen molar-refractivity contribution in [3.8, 4) is 12.1 Å². The molecule has 7 nitrogen and oxygen atoms in total. The van der Waals surface area contributed by atoms with Crippen molar-refractivity contribution in [2.45, 2.75) is 25.7 Å². The third-order valence-electron chi connectivity index (χ3n) is 6.85. The van der Waals surface area contributed by atoms with Crippen LogP contribution in [0.25, 0.3) is 21.2 Å². The van der Waals surface area contributed by atoms with E-state index in [9.17, 15) is 23.5 Å². The first-order valence-corrected chi connectivity index (χ1v) is 13.9. The van der Waals surface area contributed by atoms with Crippen LogP contribution < -0.4 is 4.90 Å². The number of anilines is 1. The van der Waals surface area contributed by atoms with Crippen LogP contribution in [-0.4, -0.2) is 25.3 Å². The van der Waals surface area contributed by atoms with Crippen LogP contribution in [0.3, 0.4) is 0 Å². The second kappa shape index (κ2) is 11.0. The lowest BCUT2D eigenvalue weighted by molar-refractivity contribution is 0.481. The topological polar surface area (TPSA) is 110 Å². The van der Waals surface area contributed by atoms with Crippen LogP contribution in [0.5, 0.6) is 0 Å². The fourth-order valence-electron chi connectivity index (χ4n) is 5.18. The van der Waals surface area contributed by atoms with Crippen LogP contribution in [-0.2, 0) is 15.5 Å². The van der Waals surface area contributed by atoms with E-state index in [0.717, 1.165) is 27.7 Å². The van der Waals surface area contributed by atoms with Gasteiger partial charge >= 0.3 is 0 Å². The highest BCUT2D eigenvalue weighted by Crippen LogP contribution is 2.50. The van der Waals surface area contributed by atoms with Crippen molar-refractivity contribution in [1.29, 1.82) is 10.5 Å². The number of rotatable bonds is 7. The Labute approximate surface area is 228 Å². The molecule has 0 radical (unpaired) electrons. The largest absolute Gasteiger partial charge is 0.344 e. The summed E-state index contributed by atoms with van der Waals surface area (Å²) in [4.78, 5) is 5.39. The minimum atomic E-state index is -4.13. The molecule has 1 aliphatic rings. The molecule has 0 saturated heterocycles. The van der Waals surface area contributed by atoms with Crippen LogP contribution in [0.1, 0.15) is 31.4 Å². The summed E-state index contributed by atoms with van der Waals surface area (Å²) in [5.74, 6) is -0.378. The van der Waals surface area contributed by atoms with Gasteiger partial charge in [-0.15, -0.1) is 0 Å². The molecule has 1 aliphatic heterocycles. The molecule has 0 aromatic heterocycles. The van der Waals surface area contributed by atoms with Gasteiger partial charge in [0.05, 0.1) is 30.0 Å². The lowest BCUT2D eigenvalue weighted by Gasteiger charge is -2.27. The fraction of sp³-hybridized carbons (Fsp3) is 0.194. The molecular formula is C31H26N4O3S. The van der Waals surface area contributed by atoms with Crippen molar-refractivity contribution < 1.29 is 13.0 Å². The van der Waals surface area contributed by atoms with Crippen molar-refractivity contribution in [3.63, 3.8) is 0 Å². The predicted molar refractivity (Wildman–Crippen MR) is 153 cm³/mol. The molecule has 0 aliphatic carbocycles. The zero-order valence-corrected chi connectivity index (χ0v) is 22.4. The van der Waals surface area contributed by atoms with E-state index < -0.39 is 15.5 Å². The van der Waals surface area contributed by atoms with E-state index in [1.165, 1.54) is 0 Å². The van der Waals surface area contributed by atoms with Crippen LogP contribution in [0.15, 0.2) is 95.8 Å². The number of hydrogen-bond acceptors (Lipinski definition) is 5. The average Bonchev–Trinajstić information content (AvgIpc) is 3.14. The van der Waals surface area contributed by atoms with E-state index in [1.54, 1.807) is 30.3 Å². The van der Waals surface area contributed by atoms with Gasteiger partial charge in [-0.25, -0.2) is 10.1 Å². The van der Waals surface area contributed by atoms with Crippen LogP contribution >= 0.6 is 0 Å². The highest BCUT2D eigenvalue weighted by molar-refractivity contribution is 7.85. The summed E-state index contributed by atoms with van der Waals surface area (Å²) in [5, 5.41) is 21.9. The molecule has 0 fully saturated rings. The van der Waals surface area contributed by atoms with Gasteiger partial charge in [-0.2, -0.15) is 13.7 Å². The van der Waals surface area contributed by atoms with Crippen molar-refractivity contribution >= 4 is 32.2 Å². The van der Waals surface area contributed by atoms with Gasteiger partial charge in [-0.1, -0.05) is 74.5 Å². The van der Waals surface area contributed by atoms with Crippen molar-refractivity contribution in [2.24, 2.45) is 0 Å². The smallest absolute Gasteiger partial charge is 0.270 e. The lowest BCUT2D eigenvalue weighted by Crippen LogP contribution is -2.28. The maximum absolute atomic E-state index is 11.4. The molecule has 0 spiro atoms. The molecule has 3 aromatic rings. The standard InChI is InChI=1S/C31H26N4O3S/c1-31(2)28(17-15-24(20-32)29(26(21-33)34-3)23-11-5-4-6-12-23)35(18-9-19-39(36,37)38)27-16-14-22-10-7-8-13-25(22)30(27)31/h4-8,10-17H,9,18-19H2,1-2H3,(H,36,37,38). The molecule has 0 bridgehead atoms. The van der Waals surface area contributed by atoms with Crippen LogP contribution in [0.4, 0.5) is 5.69 Å². The summed E-state index contributed by atoms with van der Waals surface area (Å²) in [7, 11) is -4.13. The molecule has 0 atom stereocenters. The molecule has 0 amide bonds. The minimum absolute atomic E-state index is 0.163. The van der Waals surface area contributed by atoms with Crippen LogP contribution in [0, 0.1) is 29.2 Å². The van der Waals surface area contributed by atoms with Crippen molar-refractivity contribution in [1.82, 2.24) is 0 Å². The van der Waals surface area contributed by atoms with Crippen molar-refractivity contribution in [3.05, 3.63) is 118 Å². The van der Waals surface area contributed by atoms with Gasteiger partial charge in [0.1, 0.15) is 0 Å². The zero-order valence-electron chi connectivity index (χ0n) is 21.6. The Balaban J connectivity index is 1.91. The molecular weight excluding hydrogens is 508 g/mol. The highest BCUT2D eigenvalue weighted by Gasteiger charge is 2.41. The van der Waals surface area contributed by atoms with Crippen LogP contribution in [0.2, 0.25) is 0 Å². The molecule has 1 N–H and O–H groups in total. The Hall–Kier alpha value is -4.68. The number of fused-ring (bicyclic) bond motifs is 3. The first kappa shape index (κ1) is 27.4. The van der Waals surface area contributed by atoms with Gasteiger partial charge in [-0.05, 0) is 46.5 Å². The monoisotopic (exact) mass is 534 g/mol. The fourth-order valence-corrected chi connectivity index (χ4v) is 5.68. The Morgan fingerprint density at radius 3 is 2.38 bits per heavy atom. The Morgan fingerprint density at radius 1 is 1.05 bits per heavy atom. The number of nitriles is 2. The summed E-state index contributed by atoms with van der Waals surface area (Å²) >= 11 is 0. The first-order chi connectivity index (χ1) is 18.6. The van der Waals surface area contributed by atoms with E-state index >= 15 is 0 Å². The third kappa shape index (κ3) is 5.47. The summed E-state index contributed by atoms with van der Waals surface area (Å²) < 4.78 is 32.2. The highest BCUT2D eigenvalue weighted by atomic mass is 32.2. The van der Waals surface area contributed by atoms with Gasteiger partial charge in [-0.3, -0.25) is 4.55 Å². The first-order valence-electron chi connectivity index (χ1n) is 12.3. The summed E-state index contributed by atoms with van der Waals surface area (Å²) in [6.07, 6.45) is 3.62. The lowest BCUT2D eigenvalue weighted by atomic mass is 9.81. The maximum Gasteiger partial charge on any atom is 0.270 e. The molecule has 39 heavy (non-hydrogen) atoms. The quantitative estimate of drug-likeness (QED) is 0.162. The van der Waals surface area contributed by atoms with Gasteiger partial charge in [0.2, 0.25) is 0 Å². The van der Waals surface area contributed by atoms with E-state index in [0.29, 0.717) is 12.1 Å². The molecule has 8 heteroatoms. The maximum atomic E-state index is 11.4. The second-order valence-corrected chi connectivity index (χ2v) is 11.2. The molecule has 1 heterocycles. The van der Waals surface area contributed by atoms with E-state index in [1.807, 2.05) is 53.4 Å². The third-order valence-corrected chi connectivity index (χ3v) is 7.66. The van der Waals surface area contributed by atoms with E-state index in [-0.39, 0.29) is 29.0 Å². The number of benzene rings is 3.